The molecule has 0 atom stereocenters. The Morgan fingerprint density at radius 3 is 2.71 bits per heavy atom. The number of thioether (sulfide) groups is 1. The first-order valence-electron chi connectivity index (χ1n) is 6.46. The summed E-state index contributed by atoms with van der Waals surface area (Å²) < 4.78 is 11.2. The average Bonchev–Trinajstić information content (AvgIpc) is 2.95. The molecule has 21 heavy (non-hydrogen) atoms. The van der Waals surface area contributed by atoms with Crippen LogP contribution in [-0.4, -0.2) is 17.3 Å². The lowest BCUT2D eigenvalue weighted by molar-refractivity contribution is 0.343. The van der Waals surface area contributed by atoms with Crippen LogP contribution >= 0.6 is 11.8 Å². The molecule has 0 N–H and O–H groups in total. The van der Waals surface area contributed by atoms with Crippen molar-refractivity contribution in [1.82, 2.24) is 4.98 Å². The molecule has 0 aliphatic rings. The second-order valence-electron chi connectivity index (χ2n) is 4.28. The van der Waals surface area contributed by atoms with Crippen molar-refractivity contribution in [2.45, 2.75) is 5.22 Å². The average molecular weight is 296 g/mol. The first-order valence-corrected chi connectivity index (χ1v) is 7.45. The summed E-state index contributed by atoms with van der Waals surface area (Å²) in [4.78, 5) is 4.38. The number of nitriles is 1. The van der Waals surface area contributed by atoms with Crippen LogP contribution in [0.4, 0.5) is 0 Å². The van der Waals surface area contributed by atoms with Gasteiger partial charge in [-0.05, 0) is 36.4 Å². The summed E-state index contributed by atoms with van der Waals surface area (Å²) in [5.74, 6) is 1.50. The number of hydrogen-bond donors (Lipinski definition) is 0. The van der Waals surface area contributed by atoms with Crippen LogP contribution in [0, 0.1) is 11.3 Å². The molecule has 0 radical (unpaired) electrons. The Morgan fingerprint density at radius 2 is 1.95 bits per heavy atom. The summed E-state index contributed by atoms with van der Waals surface area (Å²) in [6.07, 6.45) is 0. The monoisotopic (exact) mass is 296 g/mol. The normalized spacial score (nSPS) is 10.4. The molecule has 4 nitrogen and oxygen atoms in total. The van der Waals surface area contributed by atoms with Gasteiger partial charge in [0, 0.05) is 5.75 Å². The quantitative estimate of drug-likeness (QED) is 0.528. The van der Waals surface area contributed by atoms with E-state index in [0.29, 0.717) is 17.4 Å². The van der Waals surface area contributed by atoms with Gasteiger partial charge in [-0.25, -0.2) is 4.98 Å². The van der Waals surface area contributed by atoms with Crippen molar-refractivity contribution in [3.8, 4) is 11.8 Å². The van der Waals surface area contributed by atoms with Crippen molar-refractivity contribution in [3.63, 3.8) is 0 Å². The second kappa shape index (κ2) is 6.33. The Balaban J connectivity index is 1.50. The van der Waals surface area contributed by atoms with E-state index in [4.69, 9.17) is 14.4 Å². The van der Waals surface area contributed by atoms with Gasteiger partial charge in [-0.1, -0.05) is 23.9 Å². The van der Waals surface area contributed by atoms with Gasteiger partial charge >= 0.3 is 0 Å². The third kappa shape index (κ3) is 3.36. The number of rotatable bonds is 5. The van der Waals surface area contributed by atoms with E-state index in [1.165, 1.54) is 11.8 Å². The number of fused-ring (bicyclic) bond motifs is 1. The minimum atomic E-state index is 0.551. The highest BCUT2D eigenvalue weighted by atomic mass is 32.2. The number of para-hydroxylation sites is 2. The Morgan fingerprint density at radius 1 is 1.14 bits per heavy atom. The van der Waals surface area contributed by atoms with Crippen LogP contribution in [0.25, 0.3) is 11.1 Å². The fraction of sp³-hybridized carbons (Fsp3) is 0.125. The lowest BCUT2D eigenvalue weighted by atomic mass is 10.2. The van der Waals surface area contributed by atoms with E-state index < -0.39 is 0 Å². The number of aromatic nitrogens is 1. The van der Waals surface area contributed by atoms with Crippen molar-refractivity contribution in [3.05, 3.63) is 54.1 Å². The molecule has 0 spiro atoms. The van der Waals surface area contributed by atoms with Gasteiger partial charge in [0.2, 0.25) is 0 Å². The van der Waals surface area contributed by atoms with Gasteiger partial charge in [0.15, 0.2) is 5.58 Å². The summed E-state index contributed by atoms with van der Waals surface area (Å²) in [6.45, 7) is 0.551. The summed E-state index contributed by atoms with van der Waals surface area (Å²) >= 11 is 1.52. The summed E-state index contributed by atoms with van der Waals surface area (Å²) in [6, 6.07) is 16.8. The molecular formula is C16H12N2O2S. The molecule has 1 heterocycles. The predicted octanol–water partition coefficient (Wildman–Crippen LogP) is 3.87. The highest BCUT2D eigenvalue weighted by Gasteiger charge is 2.05. The van der Waals surface area contributed by atoms with Crippen molar-refractivity contribution < 1.29 is 9.15 Å². The summed E-state index contributed by atoms with van der Waals surface area (Å²) in [5, 5.41) is 9.37. The van der Waals surface area contributed by atoms with E-state index >= 15 is 0 Å². The molecule has 0 aliphatic carbocycles. The summed E-state index contributed by atoms with van der Waals surface area (Å²) in [7, 11) is 0. The standard InChI is InChI=1S/C16H12N2O2S/c17-11-12-5-7-13(8-6-12)19-9-10-21-16-18-14-3-1-2-4-15(14)20-16/h1-8H,9-10H2. The van der Waals surface area contributed by atoms with Crippen molar-refractivity contribution in [2.24, 2.45) is 0 Å². The Kier molecular flexibility index (Phi) is 4.08. The van der Waals surface area contributed by atoms with Crippen LogP contribution in [0.2, 0.25) is 0 Å². The van der Waals surface area contributed by atoms with Gasteiger partial charge < -0.3 is 9.15 Å². The number of ether oxygens (including phenoxy) is 1. The fourth-order valence-corrected chi connectivity index (χ4v) is 2.48. The lowest BCUT2D eigenvalue weighted by Gasteiger charge is -2.04. The van der Waals surface area contributed by atoms with Crippen LogP contribution < -0.4 is 4.74 Å². The molecule has 5 heteroatoms. The number of nitrogens with zero attached hydrogens (tertiary/aromatic N) is 2. The molecule has 0 unspecified atom stereocenters. The number of benzene rings is 2. The minimum absolute atomic E-state index is 0.551. The molecule has 1 aromatic heterocycles. The van der Waals surface area contributed by atoms with Crippen molar-refractivity contribution in [1.29, 1.82) is 5.26 Å². The molecular weight excluding hydrogens is 284 g/mol. The molecule has 3 rings (SSSR count). The van der Waals surface area contributed by atoms with Gasteiger partial charge in [-0.3, -0.25) is 0 Å². The maximum Gasteiger partial charge on any atom is 0.256 e. The Labute approximate surface area is 126 Å². The smallest absolute Gasteiger partial charge is 0.256 e. The van der Waals surface area contributed by atoms with Crippen LogP contribution in [0.5, 0.6) is 5.75 Å². The highest BCUT2D eigenvalue weighted by molar-refractivity contribution is 7.99. The lowest BCUT2D eigenvalue weighted by Crippen LogP contribution is -1.99. The number of oxazole rings is 1. The topological polar surface area (TPSA) is 59.0 Å². The predicted molar refractivity (Wildman–Crippen MR) is 81.4 cm³/mol. The zero-order valence-corrected chi connectivity index (χ0v) is 12.0. The molecule has 2 aromatic carbocycles. The first-order chi connectivity index (χ1) is 10.3. The SMILES string of the molecule is N#Cc1ccc(OCCSc2nc3ccccc3o2)cc1. The third-order valence-corrected chi connectivity index (χ3v) is 3.63. The van der Waals surface area contributed by atoms with Gasteiger partial charge in [0.25, 0.3) is 5.22 Å². The van der Waals surface area contributed by atoms with E-state index in [9.17, 15) is 0 Å². The molecule has 0 fully saturated rings. The van der Waals surface area contributed by atoms with Gasteiger partial charge in [0.05, 0.1) is 18.2 Å². The van der Waals surface area contributed by atoms with Crippen molar-refractivity contribution in [2.75, 3.05) is 12.4 Å². The van der Waals surface area contributed by atoms with E-state index in [-0.39, 0.29) is 0 Å². The Bertz CT molecular complexity index is 742. The Hall–Kier alpha value is -2.45. The maximum atomic E-state index is 8.72. The molecule has 0 saturated heterocycles. The zero-order chi connectivity index (χ0) is 14.5. The third-order valence-electron chi connectivity index (χ3n) is 2.84. The van der Waals surface area contributed by atoms with Crippen LogP contribution in [0.1, 0.15) is 5.56 Å². The van der Waals surface area contributed by atoms with Crippen LogP contribution in [-0.2, 0) is 0 Å². The van der Waals surface area contributed by atoms with Gasteiger partial charge in [0.1, 0.15) is 11.3 Å². The van der Waals surface area contributed by atoms with Gasteiger partial charge in [-0.2, -0.15) is 5.26 Å². The number of hydrogen-bond acceptors (Lipinski definition) is 5. The van der Waals surface area contributed by atoms with Crippen LogP contribution in [0.15, 0.2) is 58.2 Å². The van der Waals surface area contributed by atoms with Gasteiger partial charge in [-0.15, -0.1) is 0 Å². The molecule has 0 amide bonds. The maximum absolute atomic E-state index is 8.72. The molecule has 0 saturated carbocycles. The molecule has 104 valence electrons. The van der Waals surface area contributed by atoms with Crippen molar-refractivity contribution >= 4 is 22.9 Å². The van der Waals surface area contributed by atoms with E-state index in [0.717, 1.165) is 22.6 Å². The molecule has 0 aliphatic heterocycles. The van der Waals surface area contributed by atoms with E-state index in [1.54, 1.807) is 24.3 Å². The zero-order valence-electron chi connectivity index (χ0n) is 11.2. The molecule has 3 aromatic rings. The minimum Gasteiger partial charge on any atom is -0.493 e. The van der Waals surface area contributed by atoms with Crippen LogP contribution in [0.3, 0.4) is 0 Å². The molecule has 0 bridgehead atoms. The summed E-state index contributed by atoms with van der Waals surface area (Å²) in [5.41, 5.74) is 2.30. The largest absolute Gasteiger partial charge is 0.493 e. The van der Waals surface area contributed by atoms with E-state index in [1.807, 2.05) is 24.3 Å². The highest BCUT2D eigenvalue weighted by Crippen LogP contribution is 2.23. The first kappa shape index (κ1) is 13.5. The fourth-order valence-electron chi connectivity index (χ4n) is 1.83. The van der Waals surface area contributed by atoms with E-state index in [2.05, 4.69) is 11.1 Å². The second-order valence-corrected chi connectivity index (χ2v) is 5.33.